The van der Waals surface area contributed by atoms with Gasteiger partial charge in [0.15, 0.2) is 0 Å². The quantitative estimate of drug-likeness (QED) is 0.846. The average Bonchev–Trinajstić information content (AvgIpc) is 2.67. The van der Waals surface area contributed by atoms with Gasteiger partial charge < -0.3 is 5.11 Å². The summed E-state index contributed by atoms with van der Waals surface area (Å²) in [5.74, 6) is -1.17. The van der Waals surface area contributed by atoms with E-state index in [4.69, 9.17) is 5.11 Å². The van der Waals surface area contributed by atoms with Gasteiger partial charge in [-0.15, -0.1) is 0 Å². The molecule has 116 valence electrons. The zero-order valence-corrected chi connectivity index (χ0v) is 14.3. The minimum absolute atomic E-state index is 0.0205. The van der Waals surface area contributed by atoms with Gasteiger partial charge in [0.05, 0.1) is 10.5 Å². The molecule has 1 aromatic rings. The fourth-order valence-electron chi connectivity index (χ4n) is 2.66. The molecule has 2 rings (SSSR count). The van der Waals surface area contributed by atoms with Crippen LogP contribution >= 0.6 is 15.9 Å². The van der Waals surface area contributed by atoms with Crippen molar-refractivity contribution in [2.75, 3.05) is 0 Å². The van der Waals surface area contributed by atoms with E-state index >= 15 is 0 Å². The zero-order chi connectivity index (χ0) is 15.8. The first kappa shape index (κ1) is 16.5. The molecule has 0 spiro atoms. The Kier molecular flexibility index (Phi) is 4.46. The second-order valence-corrected chi connectivity index (χ2v) is 8.74. The van der Waals surface area contributed by atoms with Crippen molar-refractivity contribution in [3.63, 3.8) is 0 Å². The standard InChI is InChI=1S/C14H18BrNO4S/c1-14(2)6-5-9(8-14)16-21(19,20)10-3-4-12(15)11(7-10)13(17)18/h3-4,7,9,16H,5-6,8H2,1-2H3,(H,17,18). The predicted octanol–water partition coefficient (Wildman–Crippen LogP) is 3.00. The number of carboxylic acid groups (broad SMARTS) is 1. The number of hydrogen-bond acceptors (Lipinski definition) is 3. The van der Waals surface area contributed by atoms with E-state index in [-0.39, 0.29) is 21.9 Å². The summed E-state index contributed by atoms with van der Waals surface area (Å²) in [5.41, 5.74) is 0.0729. The summed E-state index contributed by atoms with van der Waals surface area (Å²) in [4.78, 5) is 11.1. The van der Waals surface area contributed by atoms with Crippen LogP contribution in [0, 0.1) is 5.41 Å². The van der Waals surface area contributed by atoms with E-state index in [2.05, 4.69) is 34.5 Å². The summed E-state index contributed by atoms with van der Waals surface area (Å²) < 4.78 is 27.8. The summed E-state index contributed by atoms with van der Waals surface area (Å²) >= 11 is 3.10. The third-order valence-corrected chi connectivity index (χ3v) is 5.98. The van der Waals surface area contributed by atoms with Crippen LogP contribution in [0.3, 0.4) is 0 Å². The van der Waals surface area contributed by atoms with Crippen molar-refractivity contribution in [3.8, 4) is 0 Å². The maximum absolute atomic E-state index is 12.4. The number of carboxylic acids is 1. The van der Waals surface area contributed by atoms with Crippen LogP contribution in [0.1, 0.15) is 43.5 Å². The highest BCUT2D eigenvalue weighted by Gasteiger charge is 2.33. The molecule has 5 nitrogen and oxygen atoms in total. The van der Waals surface area contributed by atoms with E-state index in [1.54, 1.807) is 0 Å². The SMILES string of the molecule is CC1(C)CCC(NS(=O)(=O)c2ccc(Br)c(C(=O)O)c2)C1. The number of benzene rings is 1. The van der Waals surface area contributed by atoms with Crippen LogP contribution < -0.4 is 4.72 Å². The van der Waals surface area contributed by atoms with Gasteiger partial charge in [-0.3, -0.25) is 0 Å². The molecular formula is C14H18BrNO4S. The number of sulfonamides is 1. The number of halogens is 1. The number of carbonyl (C=O) groups is 1. The molecule has 1 saturated carbocycles. The highest BCUT2D eigenvalue weighted by Crippen LogP contribution is 2.37. The van der Waals surface area contributed by atoms with Crippen molar-refractivity contribution in [3.05, 3.63) is 28.2 Å². The van der Waals surface area contributed by atoms with Crippen molar-refractivity contribution in [1.29, 1.82) is 0 Å². The Balaban J connectivity index is 2.24. The molecule has 2 N–H and O–H groups in total. The molecule has 1 fully saturated rings. The van der Waals surface area contributed by atoms with Crippen molar-refractivity contribution < 1.29 is 18.3 Å². The van der Waals surface area contributed by atoms with E-state index in [0.29, 0.717) is 4.47 Å². The minimum atomic E-state index is -3.70. The van der Waals surface area contributed by atoms with Crippen LogP contribution in [-0.4, -0.2) is 25.5 Å². The third-order valence-electron chi connectivity index (χ3n) is 3.77. The van der Waals surface area contributed by atoms with Gasteiger partial charge in [0.25, 0.3) is 0 Å². The Morgan fingerprint density at radius 3 is 2.62 bits per heavy atom. The van der Waals surface area contributed by atoms with Gasteiger partial charge in [0.2, 0.25) is 10.0 Å². The molecule has 0 amide bonds. The van der Waals surface area contributed by atoms with Crippen molar-refractivity contribution in [2.24, 2.45) is 5.41 Å². The normalized spacial score (nSPS) is 21.4. The third kappa shape index (κ3) is 3.84. The van der Waals surface area contributed by atoms with Gasteiger partial charge in [0, 0.05) is 10.5 Å². The molecule has 0 radical (unpaired) electrons. The van der Waals surface area contributed by atoms with Crippen molar-refractivity contribution in [1.82, 2.24) is 4.72 Å². The Morgan fingerprint density at radius 1 is 1.43 bits per heavy atom. The highest BCUT2D eigenvalue weighted by atomic mass is 79.9. The largest absolute Gasteiger partial charge is 0.478 e. The van der Waals surface area contributed by atoms with Crippen LogP contribution in [0.5, 0.6) is 0 Å². The second-order valence-electron chi connectivity index (χ2n) is 6.17. The van der Waals surface area contributed by atoms with Crippen LogP contribution in [0.4, 0.5) is 0 Å². The van der Waals surface area contributed by atoms with Gasteiger partial charge in [-0.1, -0.05) is 13.8 Å². The summed E-state index contributed by atoms with van der Waals surface area (Å²) in [6.07, 6.45) is 2.56. The molecule has 1 atom stereocenters. The van der Waals surface area contributed by atoms with Gasteiger partial charge >= 0.3 is 5.97 Å². The highest BCUT2D eigenvalue weighted by molar-refractivity contribution is 9.10. The van der Waals surface area contributed by atoms with E-state index in [1.165, 1.54) is 18.2 Å². The Morgan fingerprint density at radius 2 is 2.10 bits per heavy atom. The number of aromatic carboxylic acids is 1. The van der Waals surface area contributed by atoms with E-state index in [1.807, 2.05) is 0 Å². The maximum Gasteiger partial charge on any atom is 0.336 e. The summed E-state index contributed by atoms with van der Waals surface area (Å²) in [5, 5.41) is 9.06. The fourth-order valence-corrected chi connectivity index (χ4v) is 4.37. The predicted molar refractivity (Wildman–Crippen MR) is 82.8 cm³/mol. The maximum atomic E-state index is 12.4. The number of hydrogen-bond donors (Lipinski definition) is 2. The Bertz CT molecular complexity index is 670. The zero-order valence-electron chi connectivity index (χ0n) is 11.9. The van der Waals surface area contributed by atoms with Crippen molar-refractivity contribution >= 4 is 31.9 Å². The van der Waals surface area contributed by atoms with Crippen LogP contribution in [0.25, 0.3) is 0 Å². The monoisotopic (exact) mass is 375 g/mol. The Hall–Kier alpha value is -0.920. The molecular weight excluding hydrogens is 358 g/mol. The summed E-state index contributed by atoms with van der Waals surface area (Å²) in [6, 6.07) is 3.92. The van der Waals surface area contributed by atoms with E-state index in [0.717, 1.165) is 19.3 Å². The van der Waals surface area contributed by atoms with Gasteiger partial charge in [0.1, 0.15) is 0 Å². The lowest BCUT2D eigenvalue weighted by atomic mass is 9.92. The molecule has 0 aromatic heterocycles. The lowest BCUT2D eigenvalue weighted by molar-refractivity contribution is 0.0695. The molecule has 0 heterocycles. The topological polar surface area (TPSA) is 83.5 Å². The molecule has 1 aromatic carbocycles. The number of nitrogens with one attached hydrogen (secondary N) is 1. The first-order chi connectivity index (χ1) is 9.61. The van der Waals surface area contributed by atoms with Gasteiger partial charge in [-0.25, -0.2) is 17.9 Å². The second kappa shape index (κ2) is 5.70. The lowest BCUT2D eigenvalue weighted by Gasteiger charge is -2.18. The molecule has 21 heavy (non-hydrogen) atoms. The molecule has 0 bridgehead atoms. The molecule has 1 unspecified atom stereocenters. The summed E-state index contributed by atoms with van der Waals surface area (Å²) in [7, 11) is -3.70. The molecule has 0 saturated heterocycles. The van der Waals surface area contributed by atoms with Gasteiger partial charge in [-0.2, -0.15) is 0 Å². The molecule has 1 aliphatic carbocycles. The van der Waals surface area contributed by atoms with Crippen LogP contribution in [-0.2, 0) is 10.0 Å². The molecule has 0 aliphatic heterocycles. The van der Waals surface area contributed by atoms with Crippen molar-refractivity contribution in [2.45, 2.75) is 44.0 Å². The minimum Gasteiger partial charge on any atom is -0.478 e. The molecule has 7 heteroatoms. The first-order valence-electron chi connectivity index (χ1n) is 6.66. The molecule has 1 aliphatic rings. The number of rotatable bonds is 4. The van der Waals surface area contributed by atoms with E-state index < -0.39 is 16.0 Å². The van der Waals surface area contributed by atoms with E-state index in [9.17, 15) is 13.2 Å². The van der Waals surface area contributed by atoms with Crippen LogP contribution in [0.2, 0.25) is 0 Å². The van der Waals surface area contributed by atoms with Gasteiger partial charge in [-0.05, 0) is 58.8 Å². The fraction of sp³-hybridized carbons (Fsp3) is 0.500. The average molecular weight is 376 g/mol. The Labute approximate surface area is 132 Å². The van der Waals surface area contributed by atoms with Crippen LogP contribution in [0.15, 0.2) is 27.6 Å². The smallest absolute Gasteiger partial charge is 0.336 e. The first-order valence-corrected chi connectivity index (χ1v) is 8.93. The lowest BCUT2D eigenvalue weighted by Crippen LogP contribution is -2.33. The summed E-state index contributed by atoms with van der Waals surface area (Å²) in [6.45, 7) is 4.23.